The van der Waals surface area contributed by atoms with Gasteiger partial charge in [-0.15, -0.1) is 0 Å². The SMILES string of the molecule is CCC(C)COCCOC(C)COCC(C)CC. The van der Waals surface area contributed by atoms with Gasteiger partial charge in [0, 0.05) is 13.2 Å². The summed E-state index contributed by atoms with van der Waals surface area (Å²) in [5, 5.41) is 0. The van der Waals surface area contributed by atoms with Crippen LogP contribution in [0.15, 0.2) is 0 Å². The van der Waals surface area contributed by atoms with Crippen molar-refractivity contribution in [1.29, 1.82) is 0 Å². The highest BCUT2D eigenvalue weighted by molar-refractivity contribution is 4.51. The van der Waals surface area contributed by atoms with E-state index in [2.05, 4.69) is 27.7 Å². The van der Waals surface area contributed by atoms with Crippen LogP contribution in [0.4, 0.5) is 0 Å². The highest BCUT2D eigenvalue weighted by Gasteiger charge is 2.05. The van der Waals surface area contributed by atoms with Gasteiger partial charge < -0.3 is 14.2 Å². The normalized spacial score (nSPS) is 16.5. The summed E-state index contributed by atoms with van der Waals surface area (Å²) in [6.45, 7) is 14.5. The predicted octanol–water partition coefficient (Wildman–Crippen LogP) is 3.52. The van der Waals surface area contributed by atoms with Gasteiger partial charge in [-0.2, -0.15) is 0 Å². The molecule has 18 heavy (non-hydrogen) atoms. The molecule has 0 fully saturated rings. The lowest BCUT2D eigenvalue weighted by molar-refractivity contribution is -0.0376. The van der Waals surface area contributed by atoms with Gasteiger partial charge in [0.2, 0.25) is 0 Å². The third-order valence-corrected chi connectivity index (χ3v) is 3.18. The molecule has 0 aromatic rings. The van der Waals surface area contributed by atoms with Crippen molar-refractivity contribution in [2.24, 2.45) is 11.8 Å². The minimum absolute atomic E-state index is 0.154. The van der Waals surface area contributed by atoms with Crippen LogP contribution in [0.3, 0.4) is 0 Å². The maximum Gasteiger partial charge on any atom is 0.0781 e. The molecule has 0 spiro atoms. The van der Waals surface area contributed by atoms with Gasteiger partial charge in [-0.3, -0.25) is 0 Å². The van der Waals surface area contributed by atoms with Crippen LogP contribution in [0.5, 0.6) is 0 Å². The second-order valence-electron chi connectivity index (χ2n) is 5.32. The zero-order valence-corrected chi connectivity index (χ0v) is 12.9. The molecule has 110 valence electrons. The largest absolute Gasteiger partial charge is 0.379 e. The van der Waals surface area contributed by atoms with Gasteiger partial charge in [0.25, 0.3) is 0 Å². The van der Waals surface area contributed by atoms with Crippen LogP contribution >= 0.6 is 0 Å². The Morgan fingerprint density at radius 2 is 1.28 bits per heavy atom. The first-order valence-electron chi connectivity index (χ1n) is 7.37. The summed E-state index contributed by atoms with van der Waals surface area (Å²) in [6.07, 6.45) is 2.49. The zero-order chi connectivity index (χ0) is 13.8. The first-order chi connectivity index (χ1) is 8.60. The molecular weight excluding hydrogens is 228 g/mol. The molecule has 0 N–H and O–H groups in total. The Labute approximate surface area is 113 Å². The molecule has 3 heteroatoms. The Hall–Kier alpha value is -0.120. The molecule has 0 saturated carbocycles. The van der Waals surface area contributed by atoms with E-state index >= 15 is 0 Å². The number of hydrogen-bond donors (Lipinski definition) is 0. The second-order valence-corrected chi connectivity index (χ2v) is 5.32. The van der Waals surface area contributed by atoms with E-state index in [1.54, 1.807) is 0 Å². The second kappa shape index (κ2) is 11.9. The summed E-state index contributed by atoms with van der Waals surface area (Å²) in [4.78, 5) is 0. The molecular formula is C15H32O3. The van der Waals surface area contributed by atoms with E-state index < -0.39 is 0 Å². The van der Waals surface area contributed by atoms with Crippen LogP contribution < -0.4 is 0 Å². The van der Waals surface area contributed by atoms with Crippen LogP contribution in [0.2, 0.25) is 0 Å². The molecule has 0 amide bonds. The molecule has 0 saturated heterocycles. The van der Waals surface area contributed by atoms with Crippen LogP contribution in [-0.4, -0.2) is 39.1 Å². The Morgan fingerprint density at radius 1 is 0.722 bits per heavy atom. The Morgan fingerprint density at radius 3 is 1.83 bits per heavy atom. The van der Waals surface area contributed by atoms with Gasteiger partial charge in [0.05, 0.1) is 25.9 Å². The van der Waals surface area contributed by atoms with Gasteiger partial charge in [0.15, 0.2) is 0 Å². The summed E-state index contributed by atoms with van der Waals surface area (Å²) < 4.78 is 16.7. The molecule has 0 aliphatic heterocycles. The van der Waals surface area contributed by atoms with Crippen molar-refractivity contribution in [2.75, 3.05) is 33.0 Å². The fourth-order valence-corrected chi connectivity index (χ4v) is 1.31. The minimum atomic E-state index is 0.154. The molecule has 3 atom stereocenters. The highest BCUT2D eigenvalue weighted by atomic mass is 16.5. The van der Waals surface area contributed by atoms with Crippen molar-refractivity contribution in [1.82, 2.24) is 0 Å². The fourth-order valence-electron chi connectivity index (χ4n) is 1.31. The van der Waals surface area contributed by atoms with Gasteiger partial charge >= 0.3 is 0 Å². The van der Waals surface area contributed by atoms with E-state index in [1.807, 2.05) is 6.92 Å². The molecule has 0 radical (unpaired) electrons. The van der Waals surface area contributed by atoms with Gasteiger partial charge in [0.1, 0.15) is 0 Å². The topological polar surface area (TPSA) is 27.7 Å². The molecule has 3 nitrogen and oxygen atoms in total. The molecule has 0 aromatic heterocycles. The molecule has 0 aliphatic carbocycles. The summed E-state index contributed by atoms with van der Waals surface area (Å²) in [5.41, 5.74) is 0. The summed E-state index contributed by atoms with van der Waals surface area (Å²) >= 11 is 0. The fraction of sp³-hybridized carbons (Fsp3) is 1.00. The quantitative estimate of drug-likeness (QED) is 0.503. The maximum absolute atomic E-state index is 5.62. The van der Waals surface area contributed by atoms with Crippen molar-refractivity contribution in [3.8, 4) is 0 Å². The van der Waals surface area contributed by atoms with Crippen molar-refractivity contribution >= 4 is 0 Å². The third kappa shape index (κ3) is 11.0. The van der Waals surface area contributed by atoms with Gasteiger partial charge in [-0.05, 0) is 18.8 Å². The first-order valence-corrected chi connectivity index (χ1v) is 7.37. The van der Waals surface area contributed by atoms with Crippen LogP contribution in [-0.2, 0) is 14.2 Å². The van der Waals surface area contributed by atoms with Gasteiger partial charge in [-0.1, -0.05) is 40.5 Å². The van der Waals surface area contributed by atoms with Crippen molar-refractivity contribution in [2.45, 2.75) is 53.6 Å². The maximum atomic E-state index is 5.62. The Kier molecular flexibility index (Phi) is 11.9. The standard InChI is InChI=1S/C15H32O3/c1-6-13(3)10-16-8-9-18-15(5)12-17-11-14(4)7-2/h13-15H,6-12H2,1-5H3. The van der Waals surface area contributed by atoms with E-state index in [0.29, 0.717) is 31.7 Å². The van der Waals surface area contributed by atoms with Crippen molar-refractivity contribution in [3.05, 3.63) is 0 Å². The molecule has 0 rings (SSSR count). The highest BCUT2D eigenvalue weighted by Crippen LogP contribution is 2.03. The third-order valence-electron chi connectivity index (χ3n) is 3.18. The molecule has 3 unspecified atom stereocenters. The van der Waals surface area contributed by atoms with Crippen LogP contribution in [0.1, 0.15) is 47.5 Å². The van der Waals surface area contributed by atoms with Gasteiger partial charge in [-0.25, -0.2) is 0 Å². The van der Waals surface area contributed by atoms with E-state index in [1.165, 1.54) is 12.8 Å². The first kappa shape index (κ1) is 17.9. The van der Waals surface area contributed by atoms with Crippen LogP contribution in [0.25, 0.3) is 0 Å². The van der Waals surface area contributed by atoms with Crippen LogP contribution in [0, 0.1) is 11.8 Å². The summed E-state index contributed by atoms with van der Waals surface area (Å²) in [6, 6.07) is 0. The van der Waals surface area contributed by atoms with Crippen molar-refractivity contribution in [3.63, 3.8) is 0 Å². The molecule has 0 aliphatic rings. The Balaban J connectivity index is 3.29. The van der Waals surface area contributed by atoms with Crippen molar-refractivity contribution < 1.29 is 14.2 Å². The average molecular weight is 260 g/mol. The number of rotatable bonds is 12. The van der Waals surface area contributed by atoms with E-state index in [-0.39, 0.29) is 6.10 Å². The number of hydrogen-bond acceptors (Lipinski definition) is 3. The smallest absolute Gasteiger partial charge is 0.0781 e. The van der Waals surface area contributed by atoms with E-state index in [9.17, 15) is 0 Å². The molecule has 0 aromatic carbocycles. The van der Waals surface area contributed by atoms with E-state index in [0.717, 1.165) is 13.2 Å². The average Bonchev–Trinajstić information content (AvgIpc) is 2.37. The predicted molar refractivity (Wildman–Crippen MR) is 76.0 cm³/mol. The minimum Gasteiger partial charge on any atom is -0.379 e. The lowest BCUT2D eigenvalue weighted by atomic mass is 10.1. The lowest BCUT2D eigenvalue weighted by Crippen LogP contribution is -2.20. The van der Waals surface area contributed by atoms with E-state index in [4.69, 9.17) is 14.2 Å². The summed E-state index contributed by atoms with van der Waals surface area (Å²) in [7, 11) is 0. The lowest BCUT2D eigenvalue weighted by Gasteiger charge is -2.16. The zero-order valence-electron chi connectivity index (χ0n) is 12.9. The summed E-state index contributed by atoms with van der Waals surface area (Å²) in [5.74, 6) is 1.28. The molecule has 0 heterocycles. The molecule has 0 bridgehead atoms. The monoisotopic (exact) mass is 260 g/mol. The number of ether oxygens (including phenoxy) is 3. The Bertz CT molecular complexity index is 173.